The monoisotopic (exact) mass is 3550 g/mol. The maximum Gasteiger partial charge on any atom is 0.0463 e. The first-order valence-corrected chi connectivity index (χ1v) is 158. The van der Waals surface area contributed by atoms with Crippen molar-refractivity contribution in [3.05, 3.63) is 109 Å². The van der Waals surface area contributed by atoms with Crippen LogP contribution in [0.3, 0.4) is 0 Å². The molecule has 0 fully saturated rings. The van der Waals surface area contributed by atoms with E-state index in [1.54, 1.807) is 107 Å². The Balaban J connectivity index is 0.00000137. The Morgan fingerprint density at radius 2 is 0.246 bits per heavy atom. The van der Waals surface area contributed by atoms with Crippen LogP contribution in [0.2, 0.25) is 0 Å². The Kier molecular flexibility index (Phi) is 135. The second-order valence-corrected chi connectivity index (χ2v) is 188. The number of benzene rings is 4. The molecule has 0 unspecified atom stereocenters. The minimum atomic E-state index is 1.09. The highest BCUT2D eigenvalue weighted by molar-refractivity contribution is 8.87. The van der Waals surface area contributed by atoms with E-state index in [1.807, 2.05) is 767 Å². The maximum atomic E-state index is 4.83. The molecule has 4 aromatic rings. The topological polar surface area (TPSA) is 12.0 Å². The summed E-state index contributed by atoms with van der Waals surface area (Å²) in [5.41, 5.74) is 7.08. The number of nitrogens with one attached hydrogen (secondary N) is 1. The van der Waals surface area contributed by atoms with Crippen molar-refractivity contribution in [3.8, 4) is 22.3 Å². The summed E-state index contributed by atoms with van der Waals surface area (Å²) in [6, 6.07) is 37.9. The van der Waals surface area contributed by atoms with Crippen LogP contribution in [0.4, 0.5) is 11.4 Å². The van der Waals surface area contributed by atoms with Crippen LogP contribution in [0.5, 0.6) is 0 Å². The summed E-state index contributed by atoms with van der Waals surface area (Å²) in [7, 11) is 179. The molecule has 0 radical (unpaired) electrons. The number of hydrogen-bond acceptors (Lipinski definition) is 3. The molecular formula is C24H19NS101. The third kappa shape index (κ3) is 105. The molecule has 4 aromatic carbocycles. The maximum absolute atomic E-state index is 4.83. The SMILES string of the molecule is S=S=S=S=S=S=S=S=S=S=S=S=S=S=S=S=S=S=S=S=S=S=S=S=S=S=S=S=S=S=S=S=S=S=S=S=S=S=S=S=S=S=S=S=S=S=S=S=S=S=S=S=S=S=S=S=S=S=S=S=S=S=S=S=S=S=S=S=S=S=S=S=S=S=S=S=S=S=S=S=S=S=S=S=S=S=S=S=S=S=S=S=S=S=S=S=S=S=S=S=S.c1ccc(-c2ccc(Nc3ccccc3-c3ccccc3)cc2)cc1. The van der Waals surface area contributed by atoms with E-state index in [1.165, 1.54) is 40.0 Å². The van der Waals surface area contributed by atoms with Gasteiger partial charge in [-0.1, -0.05) is 91.0 Å². The predicted molar refractivity (Wildman–Crippen MR) is 851 cm³/mol. The van der Waals surface area contributed by atoms with Crippen LogP contribution in [0.1, 0.15) is 0 Å². The van der Waals surface area contributed by atoms with E-state index in [9.17, 15) is 0 Å². The van der Waals surface area contributed by atoms with E-state index in [0.29, 0.717) is 0 Å². The number of hydrogen-bond donors (Lipinski definition) is 1. The zero-order chi connectivity index (χ0) is 88.9. The molecule has 1 N–H and O–H groups in total. The second kappa shape index (κ2) is 122. The lowest BCUT2D eigenvalue weighted by atomic mass is 10.0. The number of para-hydroxylation sites is 1. The van der Waals surface area contributed by atoms with Gasteiger partial charge in [-0.3, -0.25) is 0 Å². The first kappa shape index (κ1) is 139. The van der Waals surface area contributed by atoms with Crippen molar-refractivity contribution < 1.29 is 0 Å². The predicted octanol–water partition coefficient (Wildman–Crippen LogP) is 6.52. The zero-order valence-corrected chi connectivity index (χ0v) is 138. The molecule has 0 aliphatic carbocycles. The molecule has 0 atom stereocenters. The van der Waals surface area contributed by atoms with Crippen LogP contribution in [-0.2, 0) is 902 Å². The van der Waals surface area contributed by atoms with Crippen LogP contribution in [0, 0.1) is 0 Å². The summed E-state index contributed by atoms with van der Waals surface area (Å²) in [4.78, 5) is 0. The van der Waals surface area contributed by atoms with Gasteiger partial charge in [0.1, 0.15) is 0 Å². The minimum Gasteiger partial charge on any atom is -0.355 e. The molecule has 0 aromatic heterocycles. The number of anilines is 2. The van der Waals surface area contributed by atoms with Gasteiger partial charge in [-0.25, -0.2) is 0 Å². The van der Waals surface area contributed by atoms with Gasteiger partial charge in [0.15, 0.2) is 0 Å². The molecule has 102 heteroatoms. The van der Waals surface area contributed by atoms with Gasteiger partial charge in [0.25, 0.3) is 0 Å². The van der Waals surface area contributed by atoms with Crippen molar-refractivity contribution in [1.29, 1.82) is 0 Å². The van der Waals surface area contributed by atoms with Gasteiger partial charge in [-0.2, -0.15) is 0 Å². The summed E-state index contributed by atoms with van der Waals surface area (Å²) < 4.78 is 0. The largest absolute Gasteiger partial charge is 0.355 e. The van der Waals surface area contributed by atoms with Crippen molar-refractivity contribution >= 4 is 913 Å². The van der Waals surface area contributed by atoms with E-state index < -0.39 is 0 Å². The van der Waals surface area contributed by atoms with E-state index in [0.717, 1.165) is 11.4 Å². The smallest absolute Gasteiger partial charge is 0.0463 e. The lowest BCUT2D eigenvalue weighted by molar-refractivity contribution is 1.53. The van der Waals surface area contributed by atoms with Gasteiger partial charge in [0.2, 0.25) is 0 Å². The van der Waals surface area contributed by atoms with Gasteiger partial charge in [-0.05, 0) is 34.9 Å². The first-order valence-electron chi connectivity index (χ1n) is 25.1. The molecule has 0 aliphatic heterocycles. The second-order valence-electron chi connectivity index (χ2n) is 12.7. The van der Waals surface area contributed by atoms with Crippen molar-refractivity contribution in [3.63, 3.8) is 0 Å². The van der Waals surface area contributed by atoms with Crippen molar-refractivity contribution in [1.82, 2.24) is 0 Å². The molecule has 0 spiro atoms. The normalized spacial score (nSPS) is 8.38. The summed E-state index contributed by atoms with van der Waals surface area (Å²) in [6.07, 6.45) is 0. The van der Waals surface area contributed by atoms with Crippen molar-refractivity contribution in [2.45, 2.75) is 0 Å². The summed E-state index contributed by atoms with van der Waals surface area (Å²) in [5.74, 6) is 0. The van der Waals surface area contributed by atoms with Gasteiger partial charge < -0.3 is 5.32 Å². The van der Waals surface area contributed by atoms with Crippen LogP contribution < -0.4 is 5.32 Å². The Morgan fingerprint density at radius 1 is 0.119 bits per heavy atom. The summed E-state index contributed by atoms with van der Waals surface area (Å²) in [5, 5.41) is 3.55. The van der Waals surface area contributed by atoms with Gasteiger partial charge in [-0.15, -0.1) is 0 Å². The molecule has 0 saturated carbocycles. The van der Waals surface area contributed by atoms with E-state index in [2.05, 4.69) is 102 Å². The molecule has 0 amide bonds. The van der Waals surface area contributed by atoms with Crippen molar-refractivity contribution in [2.24, 2.45) is 0 Å². The lowest BCUT2D eigenvalue weighted by Gasteiger charge is -2.13. The summed E-state index contributed by atoms with van der Waals surface area (Å²) in [6.45, 7) is 0. The fourth-order valence-corrected chi connectivity index (χ4v) is 270. The summed E-state index contributed by atoms with van der Waals surface area (Å²) >= 11 is 9.66. The molecule has 126 heavy (non-hydrogen) atoms. The van der Waals surface area contributed by atoms with E-state index in [-0.39, 0.29) is 0 Å². The average molecular weight is 3560 g/mol. The quantitative estimate of drug-likeness (QED) is 0.250. The van der Waals surface area contributed by atoms with Crippen LogP contribution in [-0.4, -0.2) is 0 Å². The third-order valence-corrected chi connectivity index (χ3v) is 225. The Morgan fingerprint density at radius 3 is 0.405 bits per heavy atom. The minimum absolute atomic E-state index is 1.09. The standard InChI is InChI=1S/C24H19N.S101/c1-3-9-19(10-4-1)20-15-17-22(18-16-20)25-24-14-8-7-13-23(24)21-11-5-2-6-12-21;1-3-5-7-9-11-13-15-17-19-21-23-25-27-29-31-33-35-37-39-41-43-45-47-49-51-53-55-57-59-61-63-65-67-69-71-73-75-77-79-81-83-85-87-89-91-93-95-97-99-101-100-98-96-94-92-90-88-86-84-82-80-78-76-74-72-70-68-66-64-62-60-58-56-54-52-50-48-46-44-42-40-38-36-34-32-30-28-26-24-22-20-18-16-14-12-10-8-6-4-2/h1-18,25H;. The highest BCUT2D eigenvalue weighted by Crippen LogP contribution is 2.31. The molecule has 1 nitrogen and oxygen atoms in total. The molecule has 0 saturated heterocycles. The zero-order valence-electron chi connectivity index (χ0n) is 55.1. The highest BCUT2D eigenvalue weighted by Gasteiger charge is 2.05. The van der Waals surface area contributed by atoms with E-state index in [4.69, 9.17) is 22.4 Å². The Bertz CT molecular complexity index is 9310. The van der Waals surface area contributed by atoms with Gasteiger partial charge in [0, 0.05) is 918 Å². The van der Waals surface area contributed by atoms with Crippen molar-refractivity contribution in [2.75, 3.05) is 5.32 Å². The third-order valence-electron chi connectivity index (χ3n) is 7.01. The lowest BCUT2D eigenvalue weighted by Crippen LogP contribution is -1.93. The van der Waals surface area contributed by atoms with Crippen LogP contribution >= 0.6 is 0 Å². The average Bonchev–Trinajstić information content (AvgIpc) is 0.830. The number of rotatable bonds is 4. The van der Waals surface area contributed by atoms with Gasteiger partial charge in [0.05, 0.1) is 0 Å². The molecule has 0 aliphatic rings. The van der Waals surface area contributed by atoms with Crippen LogP contribution in [0.25, 0.3) is 22.3 Å². The first-order chi connectivity index (χ1) is 62.8. The fourth-order valence-electron chi connectivity index (χ4n) is 4.09. The highest BCUT2D eigenvalue weighted by atomic mass is 33.6. The molecule has 4 rings (SSSR count). The van der Waals surface area contributed by atoms with Gasteiger partial charge >= 0.3 is 0 Å². The van der Waals surface area contributed by atoms with Crippen LogP contribution in [0.15, 0.2) is 109 Å². The molecular weight excluding hydrogens is 3540 g/mol. The Hall–Kier alpha value is 18.9. The fraction of sp³-hybridized carbons (Fsp3) is 0. The molecule has 0 bridgehead atoms. The Labute approximate surface area is 1020 Å². The molecule has 726 valence electrons. The van der Waals surface area contributed by atoms with E-state index >= 15 is 0 Å². The molecule has 0 heterocycles.